The topological polar surface area (TPSA) is 80.6 Å². The van der Waals surface area contributed by atoms with Gasteiger partial charge >= 0.3 is 0 Å². The summed E-state index contributed by atoms with van der Waals surface area (Å²) in [5.41, 5.74) is 2.28. The van der Waals surface area contributed by atoms with E-state index in [0.29, 0.717) is 40.3 Å². The number of hydrogen-bond acceptors (Lipinski definition) is 4. The molecular weight excluding hydrogens is 475 g/mol. The molecule has 1 fully saturated rings. The van der Waals surface area contributed by atoms with Crippen LogP contribution in [0.15, 0.2) is 64.7 Å². The summed E-state index contributed by atoms with van der Waals surface area (Å²) in [5.74, 6) is 0.125. The zero-order valence-electron chi connectivity index (χ0n) is 18.6. The van der Waals surface area contributed by atoms with Crippen molar-refractivity contribution in [1.29, 1.82) is 0 Å². The number of rotatable bonds is 7. The third-order valence-corrected chi connectivity index (χ3v) is 6.18. The van der Waals surface area contributed by atoms with Crippen molar-refractivity contribution in [3.05, 3.63) is 87.2 Å². The number of nitrogens with one attached hydrogen (secondary N) is 2. The Labute approximate surface area is 207 Å². The van der Waals surface area contributed by atoms with E-state index in [2.05, 4.69) is 10.6 Å². The van der Waals surface area contributed by atoms with Crippen molar-refractivity contribution in [2.45, 2.75) is 25.9 Å². The molecule has 0 aliphatic carbocycles. The highest BCUT2D eigenvalue weighted by molar-refractivity contribution is 6.42. The molecule has 2 aromatic carbocycles. The van der Waals surface area contributed by atoms with Crippen LogP contribution in [0.25, 0.3) is 17.4 Å². The maximum absolute atomic E-state index is 13.0. The van der Waals surface area contributed by atoms with Crippen LogP contribution in [-0.4, -0.2) is 31.1 Å². The molecule has 0 saturated carbocycles. The van der Waals surface area contributed by atoms with Gasteiger partial charge in [-0.05, 0) is 62.2 Å². The lowest BCUT2D eigenvalue weighted by atomic mass is 10.1. The summed E-state index contributed by atoms with van der Waals surface area (Å²) in [7, 11) is 0. The van der Waals surface area contributed by atoms with Crippen LogP contribution >= 0.6 is 23.2 Å². The number of halogens is 2. The van der Waals surface area contributed by atoms with Crippen LogP contribution in [0.1, 0.15) is 34.5 Å². The van der Waals surface area contributed by atoms with E-state index in [1.54, 1.807) is 42.5 Å². The Bertz CT molecular complexity index is 1210. The first-order chi connectivity index (χ1) is 16.4. The number of carbonyl (C=O) groups is 2. The summed E-state index contributed by atoms with van der Waals surface area (Å²) in [6, 6.07) is 15.7. The average Bonchev–Trinajstić information content (AvgIpc) is 3.51. The molecule has 3 aromatic rings. The SMILES string of the molecule is Cc1ccc(C(=O)N/C(=C\c2ccc(-c3ccc(Cl)c(Cl)c3)o2)C(=O)NC[C@H]2CCCO2)cc1. The number of furan rings is 1. The molecule has 1 aliphatic heterocycles. The zero-order valence-corrected chi connectivity index (χ0v) is 20.1. The van der Waals surface area contributed by atoms with Crippen molar-refractivity contribution in [3.8, 4) is 11.3 Å². The maximum Gasteiger partial charge on any atom is 0.268 e. The Balaban J connectivity index is 1.56. The monoisotopic (exact) mass is 498 g/mol. The van der Waals surface area contributed by atoms with E-state index < -0.39 is 11.8 Å². The van der Waals surface area contributed by atoms with Crippen LogP contribution in [0.2, 0.25) is 10.0 Å². The van der Waals surface area contributed by atoms with E-state index >= 15 is 0 Å². The van der Waals surface area contributed by atoms with Gasteiger partial charge in [0.1, 0.15) is 17.2 Å². The van der Waals surface area contributed by atoms with E-state index in [0.717, 1.165) is 24.0 Å². The standard InChI is InChI=1S/C26H24Cl2N2O4/c1-16-4-6-17(7-5-16)25(31)30-23(26(32)29-15-20-3-2-12-33-20)14-19-9-11-24(34-19)18-8-10-21(27)22(28)13-18/h4-11,13-14,20H,2-3,12,15H2,1H3,(H,29,32)(H,30,31)/b23-14-/t20-/m1/s1. The number of carbonyl (C=O) groups excluding carboxylic acids is 2. The molecular formula is C26H24Cl2N2O4. The normalized spacial score (nSPS) is 15.9. The van der Waals surface area contributed by atoms with Crippen LogP contribution in [0.3, 0.4) is 0 Å². The summed E-state index contributed by atoms with van der Waals surface area (Å²) in [4.78, 5) is 25.8. The molecule has 0 spiro atoms. The van der Waals surface area contributed by atoms with Gasteiger partial charge in [-0.15, -0.1) is 0 Å². The zero-order chi connectivity index (χ0) is 24.1. The van der Waals surface area contributed by atoms with Gasteiger partial charge in [0.05, 0.1) is 16.1 Å². The van der Waals surface area contributed by atoms with Gasteiger partial charge in [-0.25, -0.2) is 0 Å². The first-order valence-corrected chi connectivity index (χ1v) is 11.7. The summed E-state index contributed by atoms with van der Waals surface area (Å²) < 4.78 is 11.5. The molecule has 176 valence electrons. The van der Waals surface area contributed by atoms with Crippen LogP contribution in [-0.2, 0) is 9.53 Å². The first-order valence-electron chi connectivity index (χ1n) is 10.9. The molecule has 2 amide bonds. The Kier molecular flexibility index (Phi) is 7.73. The molecule has 4 rings (SSSR count). The highest BCUT2D eigenvalue weighted by Gasteiger charge is 2.20. The van der Waals surface area contributed by atoms with Crippen LogP contribution in [0, 0.1) is 6.92 Å². The summed E-state index contributed by atoms with van der Waals surface area (Å²) >= 11 is 12.1. The molecule has 2 heterocycles. The smallest absolute Gasteiger partial charge is 0.268 e. The lowest BCUT2D eigenvalue weighted by Crippen LogP contribution is -2.38. The second-order valence-electron chi connectivity index (χ2n) is 8.05. The largest absolute Gasteiger partial charge is 0.457 e. The van der Waals surface area contributed by atoms with Crippen molar-refractivity contribution >= 4 is 41.1 Å². The van der Waals surface area contributed by atoms with Crippen molar-refractivity contribution in [2.24, 2.45) is 0 Å². The highest BCUT2D eigenvalue weighted by Crippen LogP contribution is 2.30. The van der Waals surface area contributed by atoms with Crippen molar-refractivity contribution in [2.75, 3.05) is 13.2 Å². The third-order valence-electron chi connectivity index (χ3n) is 5.44. The van der Waals surface area contributed by atoms with Crippen molar-refractivity contribution in [1.82, 2.24) is 10.6 Å². The van der Waals surface area contributed by atoms with Gasteiger partial charge in [0, 0.05) is 30.4 Å². The van der Waals surface area contributed by atoms with Gasteiger partial charge in [0.2, 0.25) is 0 Å². The Hall–Kier alpha value is -3.06. The summed E-state index contributed by atoms with van der Waals surface area (Å²) in [6.07, 6.45) is 3.33. The summed E-state index contributed by atoms with van der Waals surface area (Å²) in [5, 5.41) is 6.41. The average molecular weight is 499 g/mol. The molecule has 1 aromatic heterocycles. The van der Waals surface area contributed by atoms with Gasteiger partial charge < -0.3 is 19.8 Å². The lowest BCUT2D eigenvalue weighted by molar-refractivity contribution is -0.118. The number of amides is 2. The van der Waals surface area contributed by atoms with E-state index in [1.165, 1.54) is 6.08 Å². The van der Waals surface area contributed by atoms with Crippen molar-refractivity contribution < 1.29 is 18.7 Å². The lowest BCUT2D eigenvalue weighted by Gasteiger charge is -2.13. The minimum absolute atomic E-state index is 0.0251. The second kappa shape index (κ2) is 10.9. The third kappa shape index (κ3) is 6.08. The number of benzene rings is 2. The molecule has 2 N–H and O–H groups in total. The predicted octanol–water partition coefficient (Wildman–Crippen LogP) is 5.63. The number of hydrogen-bond donors (Lipinski definition) is 2. The highest BCUT2D eigenvalue weighted by atomic mass is 35.5. The van der Waals surface area contributed by atoms with Crippen LogP contribution in [0.5, 0.6) is 0 Å². The predicted molar refractivity (Wildman–Crippen MR) is 133 cm³/mol. The summed E-state index contributed by atoms with van der Waals surface area (Å²) in [6.45, 7) is 2.99. The number of aryl methyl sites for hydroxylation is 1. The molecule has 6 nitrogen and oxygen atoms in total. The first kappa shape index (κ1) is 24.1. The quantitative estimate of drug-likeness (QED) is 0.413. The van der Waals surface area contributed by atoms with Gasteiger partial charge in [0.15, 0.2) is 0 Å². The van der Waals surface area contributed by atoms with Crippen LogP contribution in [0.4, 0.5) is 0 Å². The van der Waals surface area contributed by atoms with Crippen LogP contribution < -0.4 is 10.6 Å². The minimum atomic E-state index is -0.427. The molecule has 1 aliphatic rings. The molecule has 0 bridgehead atoms. The minimum Gasteiger partial charge on any atom is -0.457 e. The van der Waals surface area contributed by atoms with Crippen molar-refractivity contribution in [3.63, 3.8) is 0 Å². The Morgan fingerprint density at radius 3 is 2.56 bits per heavy atom. The van der Waals surface area contributed by atoms with Gasteiger partial charge in [-0.1, -0.05) is 40.9 Å². The number of ether oxygens (including phenoxy) is 1. The Morgan fingerprint density at radius 2 is 1.85 bits per heavy atom. The van der Waals surface area contributed by atoms with E-state index in [-0.39, 0.29) is 11.8 Å². The molecule has 0 unspecified atom stereocenters. The maximum atomic E-state index is 13.0. The van der Waals surface area contributed by atoms with E-state index in [4.69, 9.17) is 32.4 Å². The second-order valence-corrected chi connectivity index (χ2v) is 8.87. The fourth-order valence-electron chi connectivity index (χ4n) is 3.54. The fourth-order valence-corrected chi connectivity index (χ4v) is 3.84. The van der Waals surface area contributed by atoms with Gasteiger partial charge in [0.25, 0.3) is 11.8 Å². The molecule has 34 heavy (non-hydrogen) atoms. The molecule has 8 heteroatoms. The fraction of sp³-hybridized carbons (Fsp3) is 0.231. The molecule has 0 radical (unpaired) electrons. The molecule has 1 saturated heterocycles. The Morgan fingerprint density at radius 1 is 1.06 bits per heavy atom. The van der Waals surface area contributed by atoms with Gasteiger partial charge in [-0.2, -0.15) is 0 Å². The molecule has 1 atom stereocenters. The van der Waals surface area contributed by atoms with Gasteiger partial charge in [-0.3, -0.25) is 9.59 Å². The van der Waals surface area contributed by atoms with E-state index in [9.17, 15) is 9.59 Å². The van der Waals surface area contributed by atoms with E-state index in [1.807, 2.05) is 19.1 Å².